The first-order chi connectivity index (χ1) is 8.18. The molecule has 1 aromatic heterocycles. The second-order valence-electron chi connectivity index (χ2n) is 3.69. The summed E-state index contributed by atoms with van der Waals surface area (Å²) in [5, 5.41) is 9.79. The van der Waals surface area contributed by atoms with Gasteiger partial charge in [-0.15, -0.1) is 0 Å². The Bertz CT molecular complexity index is 486. The summed E-state index contributed by atoms with van der Waals surface area (Å²) in [7, 11) is 0. The summed E-state index contributed by atoms with van der Waals surface area (Å²) in [5.74, 6) is 0.332. The summed E-state index contributed by atoms with van der Waals surface area (Å²) < 4.78 is 13.6. The van der Waals surface area contributed by atoms with Crippen molar-refractivity contribution in [2.75, 3.05) is 0 Å². The number of H-pyrrole nitrogens is 1. The van der Waals surface area contributed by atoms with Crippen LogP contribution in [0, 0.1) is 5.82 Å². The zero-order valence-electron chi connectivity index (χ0n) is 9.24. The molecule has 0 aliphatic heterocycles. The van der Waals surface area contributed by atoms with E-state index in [1.165, 1.54) is 12.4 Å². The van der Waals surface area contributed by atoms with Crippen LogP contribution in [0.5, 0.6) is 0 Å². The number of hydrogen-bond acceptors (Lipinski definition) is 3. The number of hydrogen-bond donors (Lipinski definition) is 2. The van der Waals surface area contributed by atoms with E-state index in [1.54, 1.807) is 12.1 Å². The van der Waals surface area contributed by atoms with Crippen LogP contribution < -0.4 is 5.32 Å². The Morgan fingerprint density at radius 3 is 3.06 bits per heavy atom. The van der Waals surface area contributed by atoms with Gasteiger partial charge in [0.15, 0.2) is 0 Å². The number of aromatic amines is 1. The topological polar surface area (TPSA) is 53.6 Å². The lowest BCUT2D eigenvalue weighted by Crippen LogP contribution is -2.20. The molecule has 2 rings (SSSR count). The molecule has 6 heteroatoms. The molecule has 0 saturated heterocycles. The van der Waals surface area contributed by atoms with Crippen molar-refractivity contribution >= 4 is 11.6 Å². The molecule has 1 heterocycles. The molecule has 1 atom stereocenters. The average Bonchev–Trinajstić information content (AvgIpc) is 2.84. The van der Waals surface area contributed by atoms with E-state index in [2.05, 4.69) is 20.5 Å². The molecule has 1 unspecified atom stereocenters. The van der Waals surface area contributed by atoms with E-state index < -0.39 is 0 Å². The molecule has 0 radical (unpaired) electrons. The molecule has 0 aliphatic carbocycles. The Morgan fingerprint density at radius 1 is 1.53 bits per heavy atom. The van der Waals surface area contributed by atoms with Crippen molar-refractivity contribution in [2.45, 2.75) is 19.5 Å². The first-order valence-corrected chi connectivity index (χ1v) is 5.58. The highest BCUT2D eigenvalue weighted by molar-refractivity contribution is 6.30. The zero-order chi connectivity index (χ0) is 12.3. The summed E-state index contributed by atoms with van der Waals surface area (Å²) in [6.45, 7) is 2.30. The van der Waals surface area contributed by atoms with Gasteiger partial charge in [0.1, 0.15) is 18.0 Å². The highest BCUT2D eigenvalue weighted by Crippen LogP contribution is 2.18. The summed E-state index contributed by atoms with van der Waals surface area (Å²) in [5.41, 5.74) is 0.531. The van der Waals surface area contributed by atoms with Crippen molar-refractivity contribution in [2.24, 2.45) is 0 Å². The third-order valence-corrected chi connectivity index (χ3v) is 2.77. The lowest BCUT2D eigenvalue weighted by atomic mass is 10.2. The second kappa shape index (κ2) is 5.25. The monoisotopic (exact) mass is 254 g/mol. The third kappa shape index (κ3) is 2.81. The summed E-state index contributed by atoms with van der Waals surface area (Å²) >= 11 is 5.70. The van der Waals surface area contributed by atoms with E-state index in [0.717, 1.165) is 0 Å². The smallest absolute Gasteiger partial charge is 0.146 e. The molecule has 4 nitrogen and oxygen atoms in total. The molecule has 0 saturated carbocycles. The van der Waals surface area contributed by atoms with E-state index in [-0.39, 0.29) is 16.9 Å². The van der Waals surface area contributed by atoms with Crippen LogP contribution in [-0.2, 0) is 6.54 Å². The van der Waals surface area contributed by atoms with Crippen LogP contribution in [0.25, 0.3) is 0 Å². The average molecular weight is 255 g/mol. The van der Waals surface area contributed by atoms with Gasteiger partial charge in [-0.2, -0.15) is 5.10 Å². The first-order valence-electron chi connectivity index (χ1n) is 5.20. The van der Waals surface area contributed by atoms with Gasteiger partial charge in [0.05, 0.1) is 11.1 Å². The molecule has 0 aliphatic rings. The Hall–Kier alpha value is -1.46. The van der Waals surface area contributed by atoms with Gasteiger partial charge < -0.3 is 5.32 Å². The van der Waals surface area contributed by atoms with Crippen molar-refractivity contribution in [3.05, 3.63) is 46.8 Å². The minimum atomic E-state index is -0.383. The van der Waals surface area contributed by atoms with Crippen molar-refractivity contribution in [3.8, 4) is 0 Å². The van der Waals surface area contributed by atoms with Crippen molar-refractivity contribution < 1.29 is 4.39 Å². The molecule has 90 valence electrons. The number of nitrogens with zero attached hydrogens (tertiary/aromatic N) is 2. The first kappa shape index (κ1) is 12.0. The van der Waals surface area contributed by atoms with Gasteiger partial charge in [0, 0.05) is 12.1 Å². The molecule has 17 heavy (non-hydrogen) atoms. The van der Waals surface area contributed by atoms with E-state index in [9.17, 15) is 4.39 Å². The lowest BCUT2D eigenvalue weighted by molar-refractivity contribution is 0.527. The van der Waals surface area contributed by atoms with Crippen LogP contribution in [0.3, 0.4) is 0 Å². The molecule has 0 spiro atoms. The lowest BCUT2D eigenvalue weighted by Gasteiger charge is -2.11. The number of aromatic nitrogens is 3. The van der Waals surface area contributed by atoms with Crippen LogP contribution in [-0.4, -0.2) is 15.2 Å². The summed E-state index contributed by atoms with van der Waals surface area (Å²) in [4.78, 5) is 4.02. The van der Waals surface area contributed by atoms with E-state index in [4.69, 9.17) is 11.6 Å². The fourth-order valence-corrected chi connectivity index (χ4v) is 1.66. The Morgan fingerprint density at radius 2 is 2.35 bits per heavy atom. The molecule has 2 aromatic rings. The Balaban J connectivity index is 2.00. The molecule has 0 fully saturated rings. The SMILES string of the molecule is CC(NCc1cccc(Cl)c1F)c1ncn[nH]1. The predicted molar refractivity (Wildman–Crippen MR) is 63.0 cm³/mol. The highest BCUT2D eigenvalue weighted by Gasteiger charge is 2.10. The molecule has 2 N–H and O–H groups in total. The Kier molecular flexibility index (Phi) is 3.71. The standard InChI is InChI=1S/C11H12ClFN4/c1-7(11-15-6-16-17-11)14-5-8-3-2-4-9(12)10(8)13/h2-4,6-7,14H,5H2,1H3,(H,15,16,17). The highest BCUT2D eigenvalue weighted by atomic mass is 35.5. The number of rotatable bonds is 4. The van der Waals surface area contributed by atoms with E-state index in [0.29, 0.717) is 17.9 Å². The van der Waals surface area contributed by atoms with Gasteiger partial charge in [-0.3, -0.25) is 5.10 Å². The maximum atomic E-state index is 13.6. The second-order valence-corrected chi connectivity index (χ2v) is 4.09. The van der Waals surface area contributed by atoms with Gasteiger partial charge in [0.25, 0.3) is 0 Å². The normalized spacial score (nSPS) is 12.6. The summed E-state index contributed by atoms with van der Waals surface area (Å²) in [6.07, 6.45) is 1.44. The van der Waals surface area contributed by atoms with Gasteiger partial charge >= 0.3 is 0 Å². The molecule has 0 amide bonds. The molecule has 0 bridgehead atoms. The predicted octanol–water partition coefficient (Wildman–Crippen LogP) is 2.45. The maximum Gasteiger partial charge on any atom is 0.146 e. The van der Waals surface area contributed by atoms with Crippen LogP contribution in [0.1, 0.15) is 24.4 Å². The van der Waals surface area contributed by atoms with Crippen LogP contribution in [0.15, 0.2) is 24.5 Å². The minimum Gasteiger partial charge on any atom is -0.303 e. The quantitative estimate of drug-likeness (QED) is 0.881. The zero-order valence-corrected chi connectivity index (χ0v) is 10.0. The largest absolute Gasteiger partial charge is 0.303 e. The van der Waals surface area contributed by atoms with Gasteiger partial charge in [0.2, 0.25) is 0 Å². The molecule has 1 aromatic carbocycles. The minimum absolute atomic E-state index is 0.0316. The van der Waals surface area contributed by atoms with Crippen molar-refractivity contribution in [1.29, 1.82) is 0 Å². The van der Waals surface area contributed by atoms with Crippen molar-refractivity contribution in [3.63, 3.8) is 0 Å². The van der Waals surface area contributed by atoms with E-state index in [1.807, 2.05) is 6.92 Å². The summed E-state index contributed by atoms with van der Waals surface area (Å²) in [6, 6.07) is 4.92. The fourth-order valence-electron chi connectivity index (χ4n) is 1.47. The molecular formula is C11H12ClFN4. The number of nitrogens with one attached hydrogen (secondary N) is 2. The van der Waals surface area contributed by atoms with Crippen LogP contribution >= 0.6 is 11.6 Å². The Labute approximate surface area is 103 Å². The van der Waals surface area contributed by atoms with Gasteiger partial charge in [-0.05, 0) is 13.0 Å². The number of halogens is 2. The third-order valence-electron chi connectivity index (χ3n) is 2.47. The van der Waals surface area contributed by atoms with Gasteiger partial charge in [-0.25, -0.2) is 9.37 Å². The maximum absolute atomic E-state index is 13.6. The molecular weight excluding hydrogens is 243 g/mol. The fraction of sp³-hybridized carbons (Fsp3) is 0.273. The van der Waals surface area contributed by atoms with Crippen LogP contribution in [0.2, 0.25) is 5.02 Å². The number of benzene rings is 1. The van der Waals surface area contributed by atoms with Gasteiger partial charge in [-0.1, -0.05) is 23.7 Å². The van der Waals surface area contributed by atoms with E-state index >= 15 is 0 Å². The van der Waals surface area contributed by atoms with Crippen molar-refractivity contribution in [1.82, 2.24) is 20.5 Å². The van der Waals surface area contributed by atoms with Crippen LogP contribution in [0.4, 0.5) is 4.39 Å².